The smallest absolute Gasteiger partial charge is 0.269 e. The molecule has 0 fully saturated rings. The van der Waals surface area contributed by atoms with E-state index in [1.807, 2.05) is 0 Å². The molecule has 4 rings (SSSR count). The van der Waals surface area contributed by atoms with Gasteiger partial charge in [0.05, 0.1) is 26.4 Å². The Labute approximate surface area is 463 Å². The second kappa shape index (κ2) is 42.0. The van der Waals surface area contributed by atoms with Gasteiger partial charge in [0, 0.05) is 22.3 Å². The zero-order valence-electron chi connectivity index (χ0n) is 47.3. The Morgan fingerprint density at radius 3 is 0.584 bits per heavy atom. The van der Waals surface area contributed by atoms with E-state index in [0.29, 0.717) is 60.2 Å². The average molecular weight is 1060 g/mol. The van der Waals surface area contributed by atoms with Crippen molar-refractivity contribution in [1.29, 1.82) is 0 Å². The number of unbranched alkanes of at least 4 members (excludes halogenated alkanes) is 28. The first-order valence-corrected chi connectivity index (χ1v) is 30.0. The van der Waals surface area contributed by atoms with E-state index in [1.54, 1.807) is 97.1 Å². The number of hydrogen-bond acceptors (Lipinski definition) is 8. The highest BCUT2D eigenvalue weighted by molar-refractivity contribution is 6.00. The third kappa shape index (κ3) is 29.9. The Balaban J connectivity index is 0.954. The second-order valence-electron chi connectivity index (χ2n) is 20.6. The van der Waals surface area contributed by atoms with Crippen LogP contribution in [-0.2, 0) is 0 Å². The number of benzene rings is 4. The lowest BCUT2D eigenvalue weighted by molar-refractivity contribution is 0.0846. The molecular formula is C65H96N4O8. The van der Waals surface area contributed by atoms with Crippen molar-refractivity contribution in [2.45, 2.75) is 213 Å². The average Bonchev–Trinajstić information content (AvgIpc) is 3.46. The molecule has 12 nitrogen and oxygen atoms in total. The van der Waals surface area contributed by atoms with Crippen LogP contribution >= 0.6 is 0 Å². The van der Waals surface area contributed by atoms with Crippen LogP contribution in [0.25, 0.3) is 0 Å². The van der Waals surface area contributed by atoms with E-state index >= 15 is 0 Å². The molecule has 0 atom stereocenters. The van der Waals surface area contributed by atoms with Crippen molar-refractivity contribution >= 4 is 23.6 Å². The van der Waals surface area contributed by atoms with Crippen LogP contribution in [0.4, 0.5) is 0 Å². The van der Waals surface area contributed by atoms with Gasteiger partial charge in [0.15, 0.2) is 0 Å². The number of hydrogen-bond donors (Lipinski definition) is 4. The fraction of sp³-hybridized carbons (Fsp3) is 0.569. The van der Waals surface area contributed by atoms with Crippen molar-refractivity contribution in [1.82, 2.24) is 21.7 Å². The van der Waals surface area contributed by atoms with E-state index in [4.69, 9.17) is 18.9 Å². The number of hydrazine groups is 2. The standard InChI is InChI=1S/C65H96N4O8/c1-3-5-7-9-11-13-15-17-19-21-23-25-27-30-50-74-58-42-34-54(35-43-58)62(70)66-68-64(72)56-38-46-60(47-39-56)76-52-32-29-33-53-77-61-48-40-57(41-49-61)65(73)69-67-63(71)55-36-44-59(45-37-55)75-51-31-28-26-24-22-20-18-16-14-12-10-8-6-4-2/h34-49H,3-33,50-53H2,1-2H3,(H,66,70)(H,67,71)(H,68,72)(H,69,73). The second-order valence-corrected chi connectivity index (χ2v) is 20.6. The topological polar surface area (TPSA) is 153 Å². The van der Waals surface area contributed by atoms with E-state index < -0.39 is 23.6 Å². The Bertz CT molecular complexity index is 1990. The highest BCUT2D eigenvalue weighted by atomic mass is 16.5. The molecule has 0 unspecified atom stereocenters. The summed E-state index contributed by atoms with van der Waals surface area (Å²) in [5.74, 6) is 1.01. The summed E-state index contributed by atoms with van der Waals surface area (Å²) in [5.41, 5.74) is 11.5. The molecule has 0 radical (unpaired) electrons. The number of rotatable bonds is 44. The Morgan fingerprint density at radius 1 is 0.247 bits per heavy atom. The van der Waals surface area contributed by atoms with Crippen LogP contribution in [0.3, 0.4) is 0 Å². The number of carbonyl (C=O) groups is 4. The molecule has 77 heavy (non-hydrogen) atoms. The van der Waals surface area contributed by atoms with Gasteiger partial charge in [0.2, 0.25) is 0 Å². The van der Waals surface area contributed by atoms with E-state index in [9.17, 15) is 19.2 Å². The van der Waals surface area contributed by atoms with Crippen LogP contribution in [0.1, 0.15) is 254 Å². The van der Waals surface area contributed by atoms with Crippen molar-refractivity contribution in [3.63, 3.8) is 0 Å². The largest absolute Gasteiger partial charge is 0.494 e. The van der Waals surface area contributed by atoms with Crippen LogP contribution in [0.2, 0.25) is 0 Å². The van der Waals surface area contributed by atoms with Gasteiger partial charge in [0.25, 0.3) is 23.6 Å². The van der Waals surface area contributed by atoms with Crippen LogP contribution in [0, 0.1) is 0 Å². The van der Waals surface area contributed by atoms with E-state index in [-0.39, 0.29) is 0 Å². The maximum atomic E-state index is 12.7. The number of nitrogens with one attached hydrogen (secondary N) is 4. The molecule has 4 amide bonds. The molecular weight excluding hydrogens is 965 g/mol. The molecule has 4 N–H and O–H groups in total. The Morgan fingerprint density at radius 2 is 0.403 bits per heavy atom. The zero-order chi connectivity index (χ0) is 54.6. The third-order valence-electron chi connectivity index (χ3n) is 13.9. The summed E-state index contributed by atoms with van der Waals surface area (Å²) >= 11 is 0. The van der Waals surface area contributed by atoms with E-state index in [0.717, 1.165) is 56.4 Å². The first-order valence-electron chi connectivity index (χ1n) is 30.0. The van der Waals surface area contributed by atoms with Gasteiger partial charge in [-0.25, -0.2) is 0 Å². The number of amides is 4. The SMILES string of the molecule is CCCCCCCCCCCCCCCCOc1ccc(C(=O)NNC(=O)c2ccc(OCCCCCOc3ccc(C(=O)NNC(=O)c4ccc(OCCCCCCCCCCCCCCCC)cc4)cc3)cc2)cc1. The first kappa shape index (κ1) is 63.5. The molecule has 0 aromatic heterocycles. The molecule has 0 saturated carbocycles. The summed E-state index contributed by atoms with van der Waals surface area (Å²) in [4.78, 5) is 50.8. The van der Waals surface area contributed by atoms with Gasteiger partial charge in [-0.15, -0.1) is 0 Å². The molecule has 0 aliphatic rings. The van der Waals surface area contributed by atoms with Crippen molar-refractivity contribution in [2.24, 2.45) is 0 Å². The van der Waals surface area contributed by atoms with E-state index in [2.05, 4.69) is 35.6 Å². The molecule has 4 aromatic carbocycles. The molecule has 0 aliphatic heterocycles. The fourth-order valence-electron chi connectivity index (χ4n) is 9.06. The monoisotopic (exact) mass is 1060 g/mol. The predicted octanol–water partition coefficient (Wildman–Crippen LogP) is 16.2. The minimum Gasteiger partial charge on any atom is -0.494 e. The van der Waals surface area contributed by atoms with Crippen molar-refractivity contribution < 1.29 is 38.1 Å². The van der Waals surface area contributed by atoms with Crippen LogP contribution in [0.5, 0.6) is 23.0 Å². The van der Waals surface area contributed by atoms with Crippen molar-refractivity contribution in [3.8, 4) is 23.0 Å². The first-order chi connectivity index (χ1) is 37.9. The highest BCUT2D eigenvalue weighted by Gasteiger charge is 2.12. The molecule has 0 heterocycles. The quantitative estimate of drug-likeness (QED) is 0.0252. The summed E-state index contributed by atoms with van der Waals surface area (Å²) in [5, 5.41) is 0. The van der Waals surface area contributed by atoms with Crippen molar-refractivity contribution in [2.75, 3.05) is 26.4 Å². The lowest BCUT2D eigenvalue weighted by Crippen LogP contribution is -2.41. The van der Waals surface area contributed by atoms with Gasteiger partial charge in [-0.2, -0.15) is 0 Å². The summed E-state index contributed by atoms with van der Waals surface area (Å²) in [6.07, 6.45) is 39.4. The van der Waals surface area contributed by atoms with E-state index in [1.165, 1.54) is 154 Å². The van der Waals surface area contributed by atoms with Crippen LogP contribution in [0.15, 0.2) is 97.1 Å². The summed E-state index contributed by atoms with van der Waals surface area (Å²) in [7, 11) is 0. The maximum absolute atomic E-state index is 12.7. The predicted molar refractivity (Wildman–Crippen MR) is 312 cm³/mol. The Hall–Kier alpha value is -6.04. The summed E-state index contributed by atoms with van der Waals surface area (Å²) < 4.78 is 23.5. The van der Waals surface area contributed by atoms with Gasteiger partial charge in [-0.05, 0) is 129 Å². The van der Waals surface area contributed by atoms with Gasteiger partial charge in [-0.1, -0.05) is 181 Å². The summed E-state index contributed by atoms with van der Waals surface area (Å²) in [6.45, 7) is 6.85. The van der Waals surface area contributed by atoms with Gasteiger partial charge in [-0.3, -0.25) is 40.9 Å². The molecule has 0 aliphatic carbocycles. The fourth-order valence-corrected chi connectivity index (χ4v) is 9.06. The lowest BCUT2D eigenvalue weighted by atomic mass is 10.0. The molecule has 4 aromatic rings. The summed E-state index contributed by atoms with van der Waals surface area (Å²) in [6, 6.07) is 27.4. The molecule has 0 spiro atoms. The van der Waals surface area contributed by atoms with Gasteiger partial charge >= 0.3 is 0 Å². The molecule has 12 heteroatoms. The van der Waals surface area contributed by atoms with Gasteiger partial charge in [0.1, 0.15) is 23.0 Å². The van der Waals surface area contributed by atoms with Crippen LogP contribution in [-0.4, -0.2) is 50.1 Å². The zero-order valence-corrected chi connectivity index (χ0v) is 47.3. The Kier molecular flexibility index (Phi) is 34.7. The minimum absolute atomic E-state index is 0.385. The molecule has 0 bridgehead atoms. The maximum Gasteiger partial charge on any atom is 0.269 e. The highest BCUT2D eigenvalue weighted by Crippen LogP contribution is 2.19. The molecule has 0 saturated heterocycles. The third-order valence-corrected chi connectivity index (χ3v) is 13.9. The normalized spacial score (nSPS) is 10.9. The number of carbonyl (C=O) groups excluding carboxylic acids is 4. The lowest BCUT2D eigenvalue weighted by Gasteiger charge is -2.10. The molecule has 424 valence electrons. The van der Waals surface area contributed by atoms with Gasteiger partial charge < -0.3 is 18.9 Å². The number of ether oxygens (including phenoxy) is 4. The van der Waals surface area contributed by atoms with Crippen LogP contribution < -0.4 is 40.7 Å². The minimum atomic E-state index is -0.437. The van der Waals surface area contributed by atoms with Crippen molar-refractivity contribution in [3.05, 3.63) is 119 Å².